The van der Waals surface area contributed by atoms with Crippen LogP contribution in [0.4, 0.5) is 8.78 Å². The fraction of sp³-hybridized carbons (Fsp3) is 0.500. The Kier molecular flexibility index (Phi) is 5.38. The minimum Gasteiger partial charge on any atom is -0.251 e. The van der Waals surface area contributed by atoms with Crippen molar-refractivity contribution in [1.29, 1.82) is 0 Å². The van der Waals surface area contributed by atoms with E-state index in [1.807, 2.05) is 12.1 Å². The number of hydrogen-bond acceptors (Lipinski definition) is 0. The summed E-state index contributed by atoms with van der Waals surface area (Å²) in [5, 5.41) is 0.187. The van der Waals surface area contributed by atoms with E-state index in [-0.39, 0.29) is 17.5 Å². The molecule has 0 amide bonds. The highest BCUT2D eigenvalue weighted by Crippen LogP contribution is 2.37. The van der Waals surface area contributed by atoms with E-state index >= 15 is 0 Å². The zero-order valence-electron chi connectivity index (χ0n) is 10.9. The van der Waals surface area contributed by atoms with Crippen molar-refractivity contribution < 1.29 is 8.78 Å². The van der Waals surface area contributed by atoms with Crippen LogP contribution in [0.3, 0.4) is 0 Å². The first-order valence-electron chi connectivity index (χ1n) is 6.88. The normalized spacial score (nSPS) is 23.9. The Morgan fingerprint density at radius 3 is 2.58 bits per heavy atom. The van der Waals surface area contributed by atoms with Crippen LogP contribution in [-0.2, 0) is 0 Å². The molecule has 0 heterocycles. The van der Waals surface area contributed by atoms with E-state index in [4.69, 9.17) is 11.6 Å². The van der Waals surface area contributed by atoms with E-state index < -0.39 is 0 Å². The van der Waals surface area contributed by atoms with E-state index in [1.54, 1.807) is 12.1 Å². The van der Waals surface area contributed by atoms with E-state index in [9.17, 15) is 8.78 Å². The summed E-state index contributed by atoms with van der Waals surface area (Å²) in [5.74, 6) is 0.654. The Labute approximate surface area is 118 Å². The molecule has 0 aliphatic heterocycles. The van der Waals surface area contributed by atoms with Crippen LogP contribution in [0.2, 0.25) is 5.02 Å². The third-order valence-corrected chi connectivity index (χ3v) is 4.18. The van der Waals surface area contributed by atoms with E-state index in [0.717, 1.165) is 31.2 Å². The van der Waals surface area contributed by atoms with Crippen molar-refractivity contribution in [3.8, 4) is 0 Å². The third-order valence-electron chi connectivity index (χ3n) is 3.87. The number of hydrogen-bond donors (Lipinski definition) is 0. The smallest absolute Gasteiger partial charge is 0.142 e. The minimum absolute atomic E-state index is 0.187. The van der Waals surface area contributed by atoms with Crippen molar-refractivity contribution in [3.63, 3.8) is 0 Å². The standard InChI is InChI=1S/C16H19ClF2/c17-15-9-8-14(11-16(15)19)13-6-4-12(5-7-13)3-1-2-10-18/h1,3,8-9,11-13H,2,4-7,10H2/b3-1+. The maximum atomic E-state index is 13.4. The molecular weight excluding hydrogens is 266 g/mol. The van der Waals surface area contributed by atoms with Gasteiger partial charge in [0, 0.05) is 0 Å². The Hall–Kier alpha value is -0.890. The summed E-state index contributed by atoms with van der Waals surface area (Å²) < 4.78 is 25.4. The van der Waals surface area contributed by atoms with Crippen molar-refractivity contribution in [2.75, 3.05) is 6.67 Å². The molecule has 1 saturated carbocycles. The van der Waals surface area contributed by atoms with Crippen molar-refractivity contribution in [2.24, 2.45) is 5.92 Å². The van der Waals surface area contributed by atoms with Crippen LogP contribution in [0, 0.1) is 11.7 Å². The highest BCUT2D eigenvalue weighted by molar-refractivity contribution is 6.30. The lowest BCUT2D eigenvalue weighted by Crippen LogP contribution is -2.12. The average Bonchev–Trinajstić information content (AvgIpc) is 2.43. The summed E-state index contributed by atoms with van der Waals surface area (Å²) in [4.78, 5) is 0. The zero-order valence-corrected chi connectivity index (χ0v) is 11.7. The molecule has 0 bridgehead atoms. The molecule has 104 valence electrons. The average molecular weight is 285 g/mol. The highest BCUT2D eigenvalue weighted by Gasteiger charge is 2.21. The molecule has 1 aromatic rings. The number of allylic oxidation sites excluding steroid dienone is 2. The second kappa shape index (κ2) is 7.04. The van der Waals surface area contributed by atoms with Gasteiger partial charge in [-0.25, -0.2) is 4.39 Å². The van der Waals surface area contributed by atoms with E-state index in [2.05, 4.69) is 6.08 Å². The first-order valence-corrected chi connectivity index (χ1v) is 7.26. The maximum Gasteiger partial charge on any atom is 0.142 e. The van der Waals surface area contributed by atoms with Gasteiger partial charge in [0.25, 0.3) is 0 Å². The molecule has 0 aromatic heterocycles. The lowest BCUT2D eigenvalue weighted by atomic mass is 9.78. The van der Waals surface area contributed by atoms with E-state index in [0.29, 0.717) is 18.3 Å². The number of halogens is 3. The highest BCUT2D eigenvalue weighted by atomic mass is 35.5. The Morgan fingerprint density at radius 1 is 1.21 bits per heavy atom. The van der Waals surface area contributed by atoms with Gasteiger partial charge in [0.2, 0.25) is 0 Å². The third kappa shape index (κ3) is 4.04. The van der Waals surface area contributed by atoms with Crippen LogP contribution in [0.15, 0.2) is 30.4 Å². The minimum atomic E-state index is -0.330. The number of benzene rings is 1. The zero-order chi connectivity index (χ0) is 13.7. The molecule has 2 rings (SSSR count). The first kappa shape index (κ1) is 14.5. The lowest BCUT2D eigenvalue weighted by Gasteiger charge is -2.27. The molecule has 1 aliphatic carbocycles. The van der Waals surface area contributed by atoms with Gasteiger partial charge in [-0.3, -0.25) is 4.39 Å². The molecule has 19 heavy (non-hydrogen) atoms. The van der Waals surface area contributed by atoms with Gasteiger partial charge in [0.1, 0.15) is 5.82 Å². The monoisotopic (exact) mass is 284 g/mol. The summed E-state index contributed by atoms with van der Waals surface area (Å²) in [7, 11) is 0. The quantitative estimate of drug-likeness (QED) is 0.625. The lowest BCUT2D eigenvalue weighted by molar-refractivity contribution is 0.374. The molecule has 0 unspecified atom stereocenters. The molecule has 1 aliphatic rings. The van der Waals surface area contributed by atoms with Crippen LogP contribution in [0.5, 0.6) is 0 Å². The Balaban J connectivity index is 1.90. The molecule has 0 atom stereocenters. The van der Waals surface area contributed by atoms with Crippen LogP contribution in [-0.4, -0.2) is 6.67 Å². The fourth-order valence-corrected chi connectivity index (χ4v) is 2.88. The summed E-state index contributed by atoms with van der Waals surface area (Å²) in [6.07, 6.45) is 8.90. The second-order valence-corrected chi connectivity index (χ2v) is 5.60. The Bertz CT molecular complexity index is 434. The van der Waals surface area contributed by atoms with E-state index in [1.165, 1.54) is 0 Å². The van der Waals surface area contributed by atoms with Gasteiger partial charge in [0.15, 0.2) is 0 Å². The molecule has 1 fully saturated rings. The molecular formula is C16H19ClF2. The van der Waals surface area contributed by atoms with Gasteiger partial charge in [-0.15, -0.1) is 0 Å². The van der Waals surface area contributed by atoms with Crippen LogP contribution < -0.4 is 0 Å². The Morgan fingerprint density at radius 2 is 1.95 bits per heavy atom. The number of rotatable bonds is 4. The molecule has 0 nitrogen and oxygen atoms in total. The van der Waals surface area contributed by atoms with Gasteiger partial charge in [-0.05, 0) is 61.6 Å². The molecule has 0 spiro atoms. The number of alkyl halides is 1. The molecule has 0 saturated heterocycles. The van der Waals surface area contributed by atoms with Gasteiger partial charge in [0.05, 0.1) is 11.7 Å². The van der Waals surface area contributed by atoms with Crippen molar-refractivity contribution in [2.45, 2.75) is 38.0 Å². The molecule has 3 heteroatoms. The first-order chi connectivity index (χ1) is 9.20. The maximum absolute atomic E-state index is 13.4. The van der Waals surface area contributed by atoms with Gasteiger partial charge in [-0.1, -0.05) is 29.8 Å². The van der Waals surface area contributed by atoms with Gasteiger partial charge >= 0.3 is 0 Å². The van der Waals surface area contributed by atoms with Crippen molar-refractivity contribution in [3.05, 3.63) is 46.8 Å². The van der Waals surface area contributed by atoms with Crippen LogP contribution in [0.1, 0.15) is 43.6 Å². The fourth-order valence-electron chi connectivity index (χ4n) is 2.76. The summed E-state index contributed by atoms with van der Waals surface area (Å²) in [5.41, 5.74) is 1.05. The predicted octanol–water partition coefficient (Wildman–Crippen LogP) is 5.67. The van der Waals surface area contributed by atoms with Crippen molar-refractivity contribution in [1.82, 2.24) is 0 Å². The predicted molar refractivity (Wildman–Crippen MR) is 75.8 cm³/mol. The molecule has 1 aromatic carbocycles. The molecule has 0 N–H and O–H groups in total. The topological polar surface area (TPSA) is 0 Å². The summed E-state index contributed by atoms with van der Waals surface area (Å²) in [6.45, 7) is -0.282. The van der Waals surface area contributed by atoms with Crippen LogP contribution >= 0.6 is 11.6 Å². The summed E-state index contributed by atoms with van der Waals surface area (Å²) in [6, 6.07) is 5.13. The van der Waals surface area contributed by atoms with Gasteiger partial charge < -0.3 is 0 Å². The van der Waals surface area contributed by atoms with Gasteiger partial charge in [-0.2, -0.15) is 0 Å². The molecule has 0 radical (unpaired) electrons. The largest absolute Gasteiger partial charge is 0.251 e. The van der Waals surface area contributed by atoms with Crippen LogP contribution in [0.25, 0.3) is 0 Å². The second-order valence-electron chi connectivity index (χ2n) is 5.19. The van der Waals surface area contributed by atoms with Crippen molar-refractivity contribution >= 4 is 11.6 Å². The SMILES string of the molecule is FCC/C=C/C1CCC(c2ccc(Cl)c(F)c2)CC1. The summed E-state index contributed by atoms with van der Waals surface area (Å²) >= 11 is 5.70.